The Hall–Kier alpha value is -1.69. The highest BCUT2D eigenvalue weighted by molar-refractivity contribution is 7.09. The predicted molar refractivity (Wildman–Crippen MR) is 79.3 cm³/mol. The number of hydrogen-bond acceptors (Lipinski definition) is 6. The Morgan fingerprint density at radius 2 is 2.11 bits per heavy atom. The maximum Gasteiger partial charge on any atom is 0.135 e. The largest absolute Gasteiger partial charge is 0.383 e. The molecule has 102 valence electrons. The summed E-state index contributed by atoms with van der Waals surface area (Å²) in [5.41, 5.74) is 6.92. The van der Waals surface area contributed by atoms with E-state index < -0.39 is 0 Å². The smallest absolute Gasteiger partial charge is 0.135 e. The average molecular weight is 277 g/mol. The van der Waals surface area contributed by atoms with Crippen molar-refractivity contribution in [1.82, 2.24) is 15.0 Å². The number of aromatic nitrogens is 3. The van der Waals surface area contributed by atoms with Crippen molar-refractivity contribution in [3.05, 3.63) is 28.5 Å². The first-order valence-corrected chi connectivity index (χ1v) is 7.27. The van der Waals surface area contributed by atoms with E-state index in [1.54, 1.807) is 11.3 Å². The molecule has 2 aromatic rings. The van der Waals surface area contributed by atoms with E-state index in [4.69, 9.17) is 5.73 Å². The summed E-state index contributed by atoms with van der Waals surface area (Å²) >= 11 is 1.65. The molecule has 0 amide bonds. The summed E-state index contributed by atoms with van der Waals surface area (Å²) in [5.74, 6) is 1.63. The van der Waals surface area contributed by atoms with Crippen LogP contribution >= 0.6 is 11.3 Å². The monoisotopic (exact) mass is 277 g/mol. The van der Waals surface area contributed by atoms with Crippen molar-refractivity contribution in [1.29, 1.82) is 0 Å². The van der Waals surface area contributed by atoms with Crippen LogP contribution in [0.25, 0.3) is 0 Å². The Balaban J connectivity index is 2.30. The molecule has 0 aromatic carbocycles. The second kappa shape index (κ2) is 5.97. The van der Waals surface area contributed by atoms with Crippen LogP contribution in [0.3, 0.4) is 0 Å². The van der Waals surface area contributed by atoms with Crippen molar-refractivity contribution in [2.75, 3.05) is 11.1 Å². The van der Waals surface area contributed by atoms with E-state index in [1.807, 2.05) is 11.6 Å². The number of hydrogen-bond donors (Lipinski definition) is 2. The van der Waals surface area contributed by atoms with Crippen molar-refractivity contribution in [2.45, 2.75) is 39.2 Å². The Morgan fingerprint density at radius 1 is 1.32 bits per heavy atom. The highest BCUT2D eigenvalue weighted by Gasteiger charge is 2.18. The summed E-state index contributed by atoms with van der Waals surface area (Å²) < 4.78 is 0. The molecule has 0 radical (unpaired) electrons. The molecule has 6 heteroatoms. The van der Waals surface area contributed by atoms with Gasteiger partial charge in [-0.25, -0.2) is 15.0 Å². The van der Waals surface area contributed by atoms with Crippen LogP contribution < -0.4 is 11.1 Å². The number of thiazole rings is 1. The molecule has 2 aromatic heterocycles. The lowest BCUT2D eigenvalue weighted by atomic mass is 10.0. The van der Waals surface area contributed by atoms with Gasteiger partial charge in [-0.2, -0.15) is 0 Å². The number of nitrogen functional groups attached to an aromatic ring is 1. The van der Waals surface area contributed by atoms with Gasteiger partial charge in [-0.05, 0) is 12.3 Å². The number of nitrogens with zero attached hydrogens (tertiary/aromatic N) is 3. The van der Waals surface area contributed by atoms with E-state index in [-0.39, 0.29) is 12.0 Å². The molecule has 19 heavy (non-hydrogen) atoms. The first-order valence-electron chi connectivity index (χ1n) is 6.39. The van der Waals surface area contributed by atoms with Crippen molar-refractivity contribution in [3.8, 4) is 0 Å². The summed E-state index contributed by atoms with van der Waals surface area (Å²) in [6.07, 6.45) is 4.26. The fourth-order valence-corrected chi connectivity index (χ4v) is 2.78. The fourth-order valence-electron chi connectivity index (χ4n) is 2.00. The lowest BCUT2D eigenvalue weighted by Gasteiger charge is -2.19. The number of anilines is 2. The lowest BCUT2D eigenvalue weighted by Crippen LogP contribution is -2.14. The van der Waals surface area contributed by atoms with Crippen LogP contribution in [0.2, 0.25) is 0 Å². The van der Waals surface area contributed by atoms with Gasteiger partial charge in [0.25, 0.3) is 0 Å². The third-order valence-corrected chi connectivity index (χ3v) is 3.85. The molecule has 0 aliphatic rings. The molecule has 2 heterocycles. The second-order valence-electron chi connectivity index (χ2n) is 4.65. The van der Waals surface area contributed by atoms with Gasteiger partial charge in [0.2, 0.25) is 0 Å². The van der Waals surface area contributed by atoms with Crippen molar-refractivity contribution in [3.63, 3.8) is 0 Å². The topological polar surface area (TPSA) is 76.7 Å². The quantitative estimate of drug-likeness (QED) is 0.877. The SMILES string of the molecule is CCC(Nc1ncnc(N)c1C(C)C)c1nccs1. The number of nitrogens with one attached hydrogen (secondary N) is 1. The van der Waals surface area contributed by atoms with Gasteiger partial charge in [0.15, 0.2) is 0 Å². The van der Waals surface area contributed by atoms with E-state index in [1.165, 1.54) is 6.33 Å². The Kier molecular flexibility index (Phi) is 4.31. The first-order chi connectivity index (χ1) is 9.13. The molecular formula is C13H19N5S. The summed E-state index contributed by atoms with van der Waals surface area (Å²) in [7, 11) is 0. The van der Waals surface area contributed by atoms with Crippen LogP contribution in [0.1, 0.15) is 49.7 Å². The molecule has 0 aliphatic carbocycles. The van der Waals surface area contributed by atoms with Gasteiger partial charge in [0.05, 0.1) is 6.04 Å². The molecule has 0 bridgehead atoms. The Bertz CT molecular complexity index is 524. The molecule has 0 aliphatic heterocycles. The van der Waals surface area contributed by atoms with Crippen LogP contribution in [0.5, 0.6) is 0 Å². The molecule has 1 unspecified atom stereocenters. The molecule has 0 saturated heterocycles. The Morgan fingerprint density at radius 3 is 2.68 bits per heavy atom. The van der Waals surface area contributed by atoms with Crippen LogP contribution in [-0.4, -0.2) is 15.0 Å². The predicted octanol–water partition coefficient (Wildman–Crippen LogP) is 3.20. The summed E-state index contributed by atoms with van der Waals surface area (Å²) in [4.78, 5) is 12.8. The van der Waals surface area contributed by atoms with E-state index in [9.17, 15) is 0 Å². The van der Waals surface area contributed by atoms with E-state index >= 15 is 0 Å². The van der Waals surface area contributed by atoms with Gasteiger partial charge in [-0.1, -0.05) is 20.8 Å². The Labute approximate surface area is 117 Å². The number of rotatable bonds is 5. The normalized spacial score (nSPS) is 12.6. The average Bonchev–Trinajstić information content (AvgIpc) is 2.89. The minimum Gasteiger partial charge on any atom is -0.383 e. The molecule has 5 nitrogen and oxygen atoms in total. The zero-order valence-corrected chi connectivity index (χ0v) is 12.2. The first kappa shape index (κ1) is 13.7. The standard InChI is InChI=1S/C13H19N5S/c1-4-9(13-15-5-6-19-13)18-12-10(8(2)3)11(14)16-7-17-12/h5-9H,4H2,1-3H3,(H3,14,16,17,18). The molecule has 2 rings (SSSR count). The van der Waals surface area contributed by atoms with Crippen LogP contribution in [-0.2, 0) is 0 Å². The van der Waals surface area contributed by atoms with E-state index in [2.05, 4.69) is 41.0 Å². The van der Waals surface area contributed by atoms with Gasteiger partial charge in [-0.15, -0.1) is 11.3 Å². The summed E-state index contributed by atoms with van der Waals surface area (Å²) in [5, 5.41) is 6.49. The molecule has 3 N–H and O–H groups in total. The molecule has 0 saturated carbocycles. The third kappa shape index (κ3) is 3.01. The minimum absolute atomic E-state index is 0.159. The minimum atomic E-state index is 0.159. The van der Waals surface area contributed by atoms with Crippen LogP contribution in [0.15, 0.2) is 17.9 Å². The number of nitrogens with two attached hydrogens (primary N) is 1. The maximum atomic E-state index is 5.95. The summed E-state index contributed by atoms with van der Waals surface area (Å²) in [6.45, 7) is 6.30. The van der Waals surface area contributed by atoms with Crippen molar-refractivity contribution >= 4 is 23.0 Å². The summed E-state index contributed by atoms with van der Waals surface area (Å²) in [6, 6.07) is 0.159. The maximum absolute atomic E-state index is 5.95. The molecular weight excluding hydrogens is 258 g/mol. The van der Waals surface area contributed by atoms with E-state index in [0.717, 1.165) is 22.8 Å². The van der Waals surface area contributed by atoms with Crippen molar-refractivity contribution in [2.24, 2.45) is 0 Å². The van der Waals surface area contributed by atoms with Gasteiger partial charge >= 0.3 is 0 Å². The lowest BCUT2D eigenvalue weighted by molar-refractivity contribution is 0.729. The van der Waals surface area contributed by atoms with Gasteiger partial charge in [0.1, 0.15) is 23.0 Å². The van der Waals surface area contributed by atoms with E-state index in [0.29, 0.717) is 5.82 Å². The third-order valence-electron chi connectivity index (χ3n) is 2.96. The molecule has 1 atom stereocenters. The van der Waals surface area contributed by atoms with Gasteiger partial charge in [-0.3, -0.25) is 0 Å². The van der Waals surface area contributed by atoms with Gasteiger partial charge < -0.3 is 11.1 Å². The second-order valence-corrected chi connectivity index (χ2v) is 5.58. The van der Waals surface area contributed by atoms with Crippen LogP contribution in [0, 0.1) is 0 Å². The zero-order chi connectivity index (χ0) is 13.8. The molecule has 0 spiro atoms. The molecule has 0 fully saturated rings. The zero-order valence-electron chi connectivity index (χ0n) is 11.4. The fraction of sp³-hybridized carbons (Fsp3) is 0.462. The highest BCUT2D eigenvalue weighted by atomic mass is 32.1. The van der Waals surface area contributed by atoms with Gasteiger partial charge in [0, 0.05) is 17.1 Å². The van der Waals surface area contributed by atoms with Crippen LogP contribution in [0.4, 0.5) is 11.6 Å². The van der Waals surface area contributed by atoms with Crippen molar-refractivity contribution < 1.29 is 0 Å². The highest BCUT2D eigenvalue weighted by Crippen LogP contribution is 2.30.